The first-order valence-electron chi connectivity index (χ1n) is 8.48. The summed E-state index contributed by atoms with van der Waals surface area (Å²) in [6, 6.07) is 14.2. The van der Waals surface area contributed by atoms with Crippen molar-refractivity contribution < 1.29 is 19.4 Å². The molecule has 25 heavy (non-hydrogen) atoms. The van der Waals surface area contributed by atoms with Crippen molar-refractivity contribution >= 4 is 11.9 Å². The van der Waals surface area contributed by atoms with Crippen LogP contribution < -0.4 is 4.74 Å². The number of carboxylic acids is 1. The SMILES string of the molecule is O=C(O)c1cc(C(=O)N2CCCCC2)ccc1OCc1ccccc1. The van der Waals surface area contributed by atoms with E-state index in [-0.39, 0.29) is 23.8 Å². The summed E-state index contributed by atoms with van der Waals surface area (Å²) in [5.74, 6) is -0.945. The number of carbonyl (C=O) groups excluding carboxylic acids is 1. The maximum Gasteiger partial charge on any atom is 0.339 e. The number of nitrogens with zero attached hydrogens (tertiary/aromatic N) is 1. The van der Waals surface area contributed by atoms with Crippen LogP contribution in [0.2, 0.25) is 0 Å². The summed E-state index contributed by atoms with van der Waals surface area (Å²) in [6.07, 6.45) is 3.13. The van der Waals surface area contributed by atoms with Crippen molar-refractivity contribution in [2.45, 2.75) is 25.9 Å². The van der Waals surface area contributed by atoms with Gasteiger partial charge in [0.25, 0.3) is 5.91 Å². The second-order valence-corrected chi connectivity index (χ2v) is 6.14. The zero-order valence-corrected chi connectivity index (χ0v) is 14.0. The van der Waals surface area contributed by atoms with E-state index < -0.39 is 5.97 Å². The fraction of sp³-hybridized carbons (Fsp3) is 0.300. The largest absolute Gasteiger partial charge is 0.488 e. The highest BCUT2D eigenvalue weighted by molar-refractivity contribution is 5.99. The Labute approximate surface area is 146 Å². The van der Waals surface area contributed by atoms with Gasteiger partial charge in [-0.2, -0.15) is 0 Å². The van der Waals surface area contributed by atoms with Crippen molar-refractivity contribution in [1.29, 1.82) is 0 Å². The normalized spacial score (nSPS) is 14.2. The Hall–Kier alpha value is -2.82. The van der Waals surface area contributed by atoms with E-state index in [1.54, 1.807) is 17.0 Å². The van der Waals surface area contributed by atoms with E-state index in [1.165, 1.54) is 6.07 Å². The maximum atomic E-state index is 12.6. The topological polar surface area (TPSA) is 66.8 Å². The molecule has 1 heterocycles. The molecule has 0 spiro atoms. The van der Waals surface area contributed by atoms with Crippen molar-refractivity contribution in [3.05, 3.63) is 65.2 Å². The Morgan fingerprint density at radius 2 is 1.72 bits per heavy atom. The fourth-order valence-corrected chi connectivity index (χ4v) is 2.97. The number of benzene rings is 2. The van der Waals surface area contributed by atoms with E-state index in [4.69, 9.17) is 4.74 Å². The molecule has 0 aliphatic carbocycles. The lowest BCUT2D eigenvalue weighted by Gasteiger charge is -2.27. The summed E-state index contributed by atoms with van der Waals surface area (Å²) in [5, 5.41) is 9.47. The predicted octanol–water partition coefficient (Wildman–Crippen LogP) is 3.59. The zero-order valence-electron chi connectivity index (χ0n) is 14.0. The summed E-state index contributed by atoms with van der Waals surface area (Å²) >= 11 is 0. The van der Waals surface area contributed by atoms with Crippen LogP contribution >= 0.6 is 0 Å². The third kappa shape index (κ3) is 4.18. The molecule has 1 fully saturated rings. The molecule has 1 amide bonds. The van der Waals surface area contributed by atoms with Gasteiger partial charge in [-0.1, -0.05) is 30.3 Å². The second-order valence-electron chi connectivity index (χ2n) is 6.14. The molecule has 5 nitrogen and oxygen atoms in total. The minimum absolute atomic E-state index is 0.0128. The minimum atomic E-state index is -1.10. The molecule has 3 rings (SSSR count). The molecule has 0 saturated carbocycles. The van der Waals surface area contributed by atoms with Crippen LogP contribution in [0, 0.1) is 0 Å². The van der Waals surface area contributed by atoms with Crippen LogP contribution in [0.4, 0.5) is 0 Å². The van der Waals surface area contributed by atoms with Crippen molar-refractivity contribution in [1.82, 2.24) is 4.90 Å². The summed E-state index contributed by atoms with van der Waals surface area (Å²) in [6.45, 7) is 1.74. The minimum Gasteiger partial charge on any atom is -0.488 e. The van der Waals surface area contributed by atoms with E-state index in [0.29, 0.717) is 5.56 Å². The first-order chi connectivity index (χ1) is 12.1. The summed E-state index contributed by atoms with van der Waals surface area (Å²) < 4.78 is 5.66. The number of hydrogen-bond acceptors (Lipinski definition) is 3. The first-order valence-corrected chi connectivity index (χ1v) is 8.48. The number of likely N-dealkylation sites (tertiary alicyclic amines) is 1. The Balaban J connectivity index is 1.78. The van der Waals surface area contributed by atoms with E-state index in [2.05, 4.69) is 0 Å². The van der Waals surface area contributed by atoms with Gasteiger partial charge < -0.3 is 14.7 Å². The maximum absolute atomic E-state index is 12.6. The van der Waals surface area contributed by atoms with Gasteiger partial charge in [-0.15, -0.1) is 0 Å². The lowest BCUT2D eigenvalue weighted by molar-refractivity contribution is 0.0691. The standard InChI is InChI=1S/C20H21NO4/c22-19(21-11-5-2-6-12-21)16-9-10-18(17(13-16)20(23)24)25-14-15-7-3-1-4-8-15/h1,3-4,7-10,13H,2,5-6,11-12,14H2,(H,23,24). The van der Waals surface area contributed by atoms with Gasteiger partial charge >= 0.3 is 5.97 Å². The van der Waals surface area contributed by atoms with Gasteiger partial charge in [0.05, 0.1) is 0 Å². The van der Waals surface area contributed by atoms with Crippen LogP contribution in [0.3, 0.4) is 0 Å². The third-order valence-corrected chi connectivity index (χ3v) is 4.34. The highest BCUT2D eigenvalue weighted by Gasteiger charge is 2.21. The first kappa shape index (κ1) is 17.0. The van der Waals surface area contributed by atoms with Gasteiger partial charge in [0.2, 0.25) is 0 Å². The Bertz CT molecular complexity index is 752. The van der Waals surface area contributed by atoms with E-state index in [1.807, 2.05) is 30.3 Å². The lowest BCUT2D eigenvalue weighted by atomic mass is 10.1. The number of piperidine rings is 1. The average Bonchev–Trinajstić information content (AvgIpc) is 2.67. The Morgan fingerprint density at radius 3 is 2.40 bits per heavy atom. The quantitative estimate of drug-likeness (QED) is 0.904. The van der Waals surface area contributed by atoms with Gasteiger partial charge in [0, 0.05) is 18.7 Å². The molecule has 0 bridgehead atoms. The molecule has 5 heteroatoms. The van der Waals surface area contributed by atoms with Gasteiger partial charge in [-0.05, 0) is 43.0 Å². The number of carboxylic acid groups (broad SMARTS) is 1. The summed E-state index contributed by atoms with van der Waals surface area (Å²) in [7, 11) is 0. The lowest BCUT2D eigenvalue weighted by Crippen LogP contribution is -2.35. The van der Waals surface area contributed by atoms with Gasteiger partial charge in [0.15, 0.2) is 0 Å². The monoisotopic (exact) mass is 339 g/mol. The number of amides is 1. The highest BCUT2D eigenvalue weighted by atomic mass is 16.5. The summed E-state index contributed by atoms with van der Waals surface area (Å²) in [5.41, 5.74) is 1.36. The number of aromatic carboxylic acids is 1. The van der Waals surface area contributed by atoms with Crippen molar-refractivity contribution in [3.63, 3.8) is 0 Å². The van der Waals surface area contributed by atoms with Crippen LogP contribution in [0.5, 0.6) is 5.75 Å². The molecule has 1 aliphatic rings. The van der Waals surface area contributed by atoms with Crippen molar-refractivity contribution in [3.8, 4) is 5.75 Å². The summed E-state index contributed by atoms with van der Waals surface area (Å²) in [4.78, 5) is 25.9. The van der Waals surface area contributed by atoms with Crippen molar-refractivity contribution in [2.24, 2.45) is 0 Å². The van der Waals surface area contributed by atoms with E-state index in [0.717, 1.165) is 37.9 Å². The Morgan fingerprint density at radius 1 is 1.00 bits per heavy atom. The number of hydrogen-bond donors (Lipinski definition) is 1. The van der Waals surface area contributed by atoms with Gasteiger partial charge in [-0.3, -0.25) is 4.79 Å². The Kier molecular flexibility index (Phi) is 5.33. The molecule has 1 N–H and O–H groups in total. The zero-order chi connectivity index (χ0) is 17.6. The molecule has 0 radical (unpaired) electrons. The molecule has 130 valence electrons. The van der Waals surface area contributed by atoms with E-state index in [9.17, 15) is 14.7 Å². The molecule has 0 atom stereocenters. The second kappa shape index (κ2) is 7.83. The van der Waals surface area contributed by atoms with Gasteiger partial charge in [0.1, 0.15) is 17.9 Å². The van der Waals surface area contributed by atoms with Crippen LogP contribution in [0.15, 0.2) is 48.5 Å². The number of rotatable bonds is 5. The molecule has 2 aromatic carbocycles. The molecule has 1 saturated heterocycles. The molecular weight excluding hydrogens is 318 g/mol. The predicted molar refractivity (Wildman–Crippen MR) is 93.9 cm³/mol. The average molecular weight is 339 g/mol. The van der Waals surface area contributed by atoms with E-state index >= 15 is 0 Å². The third-order valence-electron chi connectivity index (χ3n) is 4.34. The van der Waals surface area contributed by atoms with Crippen LogP contribution in [-0.4, -0.2) is 35.0 Å². The van der Waals surface area contributed by atoms with Crippen LogP contribution in [0.25, 0.3) is 0 Å². The fourth-order valence-electron chi connectivity index (χ4n) is 2.97. The smallest absolute Gasteiger partial charge is 0.339 e. The molecular formula is C20H21NO4. The van der Waals surface area contributed by atoms with Crippen LogP contribution in [-0.2, 0) is 6.61 Å². The highest BCUT2D eigenvalue weighted by Crippen LogP contribution is 2.23. The van der Waals surface area contributed by atoms with Crippen LogP contribution in [0.1, 0.15) is 45.5 Å². The molecule has 0 aromatic heterocycles. The number of carbonyl (C=O) groups is 2. The van der Waals surface area contributed by atoms with Crippen molar-refractivity contribution in [2.75, 3.05) is 13.1 Å². The van der Waals surface area contributed by atoms with Gasteiger partial charge in [-0.25, -0.2) is 4.79 Å². The molecule has 0 unspecified atom stereocenters. The molecule has 2 aromatic rings. The molecule has 1 aliphatic heterocycles. The number of ether oxygens (including phenoxy) is 1.